The van der Waals surface area contributed by atoms with Gasteiger partial charge in [-0.05, 0) is 31.9 Å². The van der Waals surface area contributed by atoms with Crippen molar-refractivity contribution in [2.45, 2.75) is 38.3 Å². The second kappa shape index (κ2) is 6.64. The summed E-state index contributed by atoms with van der Waals surface area (Å²) in [5, 5.41) is 2.91. The molecule has 5 heteroatoms. The third-order valence-electron chi connectivity index (χ3n) is 3.77. The average molecular weight is 299 g/mol. The van der Waals surface area contributed by atoms with Crippen LogP contribution in [-0.2, 0) is 11.3 Å². The number of carbonyl (C=O) groups excluding carboxylic acids is 1. The van der Waals surface area contributed by atoms with Gasteiger partial charge in [0.25, 0.3) is 5.91 Å². The first-order valence-corrected chi connectivity index (χ1v) is 7.74. The Morgan fingerprint density at radius 1 is 1.41 bits per heavy atom. The molecule has 1 aromatic heterocycles. The van der Waals surface area contributed by atoms with Crippen molar-refractivity contribution in [2.24, 2.45) is 0 Å². The maximum absolute atomic E-state index is 12.0. The summed E-state index contributed by atoms with van der Waals surface area (Å²) in [7, 11) is 0. The molecular weight excluding hydrogens is 278 g/mol. The molecule has 1 aromatic carbocycles. The Bertz CT molecular complexity index is 620. The molecule has 1 saturated carbocycles. The molecule has 0 bridgehead atoms. The van der Waals surface area contributed by atoms with Crippen LogP contribution in [0.15, 0.2) is 42.7 Å². The van der Waals surface area contributed by atoms with Crippen LogP contribution in [0.3, 0.4) is 0 Å². The van der Waals surface area contributed by atoms with E-state index in [9.17, 15) is 4.79 Å². The molecule has 1 aliphatic rings. The van der Waals surface area contributed by atoms with Gasteiger partial charge in [0.05, 0.1) is 0 Å². The number of nitrogens with one attached hydrogen (secondary N) is 1. The summed E-state index contributed by atoms with van der Waals surface area (Å²) < 4.78 is 7.73. The first kappa shape index (κ1) is 14.6. The summed E-state index contributed by atoms with van der Waals surface area (Å²) in [5.41, 5.74) is 0. The minimum atomic E-state index is -0.506. The number of ether oxygens (including phenoxy) is 1. The number of aromatic nitrogens is 2. The average Bonchev–Trinajstić information content (AvgIpc) is 3.27. The molecule has 0 unspecified atom stereocenters. The Labute approximate surface area is 130 Å². The third kappa shape index (κ3) is 3.67. The lowest BCUT2D eigenvalue weighted by Crippen LogP contribution is -2.38. The normalized spacial score (nSPS) is 15.3. The third-order valence-corrected chi connectivity index (χ3v) is 3.77. The van der Waals surface area contributed by atoms with Gasteiger partial charge in [-0.1, -0.05) is 18.2 Å². The number of carbonyl (C=O) groups is 1. The van der Waals surface area contributed by atoms with E-state index in [-0.39, 0.29) is 5.91 Å². The summed E-state index contributed by atoms with van der Waals surface area (Å²) in [6, 6.07) is 9.38. The number of amides is 1. The van der Waals surface area contributed by atoms with E-state index in [0.29, 0.717) is 18.2 Å². The van der Waals surface area contributed by atoms with E-state index in [4.69, 9.17) is 4.74 Å². The lowest BCUT2D eigenvalue weighted by Gasteiger charge is -2.15. The lowest BCUT2D eigenvalue weighted by molar-refractivity contribution is -0.127. The van der Waals surface area contributed by atoms with Gasteiger partial charge in [-0.2, -0.15) is 0 Å². The van der Waals surface area contributed by atoms with Crippen molar-refractivity contribution in [1.82, 2.24) is 14.9 Å². The maximum atomic E-state index is 12.0. The molecule has 116 valence electrons. The van der Waals surface area contributed by atoms with Crippen LogP contribution in [0.4, 0.5) is 0 Å². The van der Waals surface area contributed by atoms with E-state index < -0.39 is 6.10 Å². The highest BCUT2D eigenvalue weighted by molar-refractivity contribution is 5.80. The van der Waals surface area contributed by atoms with E-state index in [1.54, 1.807) is 6.92 Å². The summed E-state index contributed by atoms with van der Waals surface area (Å²) in [6.45, 7) is 3.09. The highest BCUT2D eigenvalue weighted by atomic mass is 16.5. The zero-order valence-electron chi connectivity index (χ0n) is 12.7. The van der Waals surface area contributed by atoms with Crippen LogP contribution < -0.4 is 10.1 Å². The summed E-state index contributed by atoms with van der Waals surface area (Å²) in [6.07, 6.45) is 5.75. The molecule has 0 radical (unpaired) electrons. The minimum Gasteiger partial charge on any atom is -0.481 e. The van der Waals surface area contributed by atoms with E-state index in [2.05, 4.69) is 14.9 Å². The molecule has 0 aliphatic heterocycles. The van der Waals surface area contributed by atoms with Crippen molar-refractivity contribution in [2.75, 3.05) is 6.54 Å². The second-order valence-corrected chi connectivity index (χ2v) is 5.62. The predicted octanol–water partition coefficient (Wildman–Crippen LogP) is 2.34. The van der Waals surface area contributed by atoms with Crippen LogP contribution in [0.1, 0.15) is 31.5 Å². The number of hydrogen-bond donors (Lipinski definition) is 1. The van der Waals surface area contributed by atoms with Gasteiger partial charge < -0.3 is 14.6 Å². The van der Waals surface area contributed by atoms with Gasteiger partial charge in [0.15, 0.2) is 6.10 Å². The van der Waals surface area contributed by atoms with E-state index >= 15 is 0 Å². The molecule has 1 fully saturated rings. The largest absolute Gasteiger partial charge is 0.481 e. The SMILES string of the molecule is C[C@H](Oc1ccccc1)C(=O)NCCn1ccnc1C1CC1. The maximum Gasteiger partial charge on any atom is 0.260 e. The minimum absolute atomic E-state index is 0.100. The van der Waals surface area contributed by atoms with Gasteiger partial charge >= 0.3 is 0 Å². The molecule has 1 N–H and O–H groups in total. The van der Waals surface area contributed by atoms with E-state index in [0.717, 1.165) is 12.4 Å². The van der Waals surface area contributed by atoms with E-state index in [1.165, 1.54) is 12.8 Å². The molecule has 2 aromatic rings. The Hall–Kier alpha value is -2.30. The van der Waals surface area contributed by atoms with Crippen LogP contribution in [0.2, 0.25) is 0 Å². The molecule has 1 amide bonds. The highest BCUT2D eigenvalue weighted by Crippen LogP contribution is 2.38. The van der Waals surface area contributed by atoms with Crippen LogP contribution in [-0.4, -0.2) is 28.1 Å². The molecule has 0 saturated heterocycles. The standard InChI is InChI=1S/C17H21N3O2/c1-13(22-15-5-3-2-4-6-15)17(21)19-10-12-20-11-9-18-16(20)14-7-8-14/h2-6,9,11,13-14H,7-8,10,12H2,1H3,(H,19,21)/t13-/m0/s1. The first-order valence-electron chi connectivity index (χ1n) is 7.74. The Balaban J connectivity index is 1.44. The monoisotopic (exact) mass is 299 g/mol. The van der Waals surface area contributed by atoms with Crippen molar-refractivity contribution >= 4 is 5.91 Å². The summed E-state index contributed by atoms with van der Waals surface area (Å²) in [5.74, 6) is 2.36. The van der Waals surface area contributed by atoms with Gasteiger partial charge in [0, 0.05) is 31.4 Å². The smallest absolute Gasteiger partial charge is 0.260 e. The Morgan fingerprint density at radius 3 is 2.91 bits per heavy atom. The Morgan fingerprint density at radius 2 is 2.18 bits per heavy atom. The number of hydrogen-bond acceptors (Lipinski definition) is 3. The van der Waals surface area contributed by atoms with Crippen LogP contribution in [0, 0.1) is 0 Å². The molecule has 3 rings (SSSR count). The fraction of sp³-hybridized carbons (Fsp3) is 0.412. The molecule has 5 nitrogen and oxygen atoms in total. The van der Waals surface area contributed by atoms with Crippen molar-refractivity contribution in [3.8, 4) is 5.75 Å². The zero-order valence-corrected chi connectivity index (χ0v) is 12.7. The molecule has 1 heterocycles. The molecule has 1 aliphatic carbocycles. The summed E-state index contributed by atoms with van der Waals surface area (Å²) in [4.78, 5) is 16.4. The topological polar surface area (TPSA) is 56.1 Å². The van der Waals surface area contributed by atoms with Crippen LogP contribution in [0.5, 0.6) is 5.75 Å². The zero-order chi connectivity index (χ0) is 15.4. The van der Waals surface area contributed by atoms with Crippen molar-refractivity contribution in [3.63, 3.8) is 0 Å². The molecular formula is C17H21N3O2. The molecule has 22 heavy (non-hydrogen) atoms. The molecule has 0 spiro atoms. The quantitative estimate of drug-likeness (QED) is 0.854. The van der Waals surface area contributed by atoms with Crippen molar-refractivity contribution in [3.05, 3.63) is 48.5 Å². The first-order chi connectivity index (χ1) is 10.7. The van der Waals surface area contributed by atoms with Crippen LogP contribution >= 0.6 is 0 Å². The van der Waals surface area contributed by atoms with Gasteiger partial charge in [-0.25, -0.2) is 4.98 Å². The van der Waals surface area contributed by atoms with Gasteiger partial charge in [-0.3, -0.25) is 4.79 Å². The Kier molecular flexibility index (Phi) is 4.42. The van der Waals surface area contributed by atoms with Gasteiger partial charge in [0.2, 0.25) is 0 Å². The predicted molar refractivity (Wildman–Crippen MR) is 83.7 cm³/mol. The van der Waals surface area contributed by atoms with Crippen molar-refractivity contribution in [1.29, 1.82) is 0 Å². The number of benzene rings is 1. The lowest BCUT2D eigenvalue weighted by atomic mass is 10.3. The van der Waals surface area contributed by atoms with E-state index in [1.807, 2.05) is 42.7 Å². The fourth-order valence-electron chi connectivity index (χ4n) is 2.41. The molecule has 1 atom stereocenters. The number of para-hydroxylation sites is 1. The number of rotatable bonds is 7. The fourth-order valence-corrected chi connectivity index (χ4v) is 2.41. The van der Waals surface area contributed by atoms with Crippen molar-refractivity contribution < 1.29 is 9.53 Å². The highest BCUT2D eigenvalue weighted by Gasteiger charge is 2.27. The van der Waals surface area contributed by atoms with Gasteiger partial charge in [0.1, 0.15) is 11.6 Å². The van der Waals surface area contributed by atoms with Gasteiger partial charge in [-0.15, -0.1) is 0 Å². The number of imidazole rings is 1. The number of nitrogens with zero attached hydrogens (tertiary/aromatic N) is 2. The second-order valence-electron chi connectivity index (χ2n) is 5.62. The summed E-state index contributed by atoms with van der Waals surface area (Å²) >= 11 is 0. The van der Waals surface area contributed by atoms with Crippen LogP contribution in [0.25, 0.3) is 0 Å².